The Labute approximate surface area is 157 Å². The Balaban J connectivity index is 2.15. The Morgan fingerprint density at radius 3 is 2.18 bits per heavy atom. The Morgan fingerprint density at radius 2 is 1.64 bits per heavy atom. The van der Waals surface area contributed by atoms with Gasteiger partial charge in [0, 0.05) is 24.0 Å². The summed E-state index contributed by atoms with van der Waals surface area (Å²) in [5.41, 5.74) is -3.78. The summed E-state index contributed by atoms with van der Waals surface area (Å²) in [5.74, 6) is 0. The van der Waals surface area contributed by atoms with E-state index in [1.54, 1.807) is 0 Å². The van der Waals surface area contributed by atoms with Gasteiger partial charge in [-0.15, -0.1) is 0 Å². The van der Waals surface area contributed by atoms with Gasteiger partial charge in [-0.1, -0.05) is 24.3 Å². The second-order valence-electron chi connectivity index (χ2n) is 6.87. The molecule has 1 aromatic heterocycles. The van der Waals surface area contributed by atoms with Crippen molar-refractivity contribution in [1.29, 1.82) is 0 Å². The van der Waals surface area contributed by atoms with Crippen molar-refractivity contribution < 1.29 is 31.4 Å². The highest BCUT2D eigenvalue weighted by molar-refractivity contribution is 5.86. The number of alkyl halides is 6. The van der Waals surface area contributed by atoms with Crippen molar-refractivity contribution in [2.75, 3.05) is 6.54 Å². The summed E-state index contributed by atoms with van der Waals surface area (Å²) >= 11 is 0. The summed E-state index contributed by atoms with van der Waals surface area (Å²) in [4.78, 5) is 5.08. The van der Waals surface area contributed by atoms with Crippen molar-refractivity contribution in [3.8, 4) is 0 Å². The van der Waals surface area contributed by atoms with E-state index in [9.17, 15) is 31.4 Å². The Hall–Kier alpha value is -2.13. The van der Waals surface area contributed by atoms with Gasteiger partial charge in [0.1, 0.15) is 5.69 Å². The second kappa shape index (κ2) is 7.04. The van der Waals surface area contributed by atoms with Crippen LogP contribution >= 0.6 is 0 Å². The van der Waals surface area contributed by atoms with Crippen LogP contribution in [-0.4, -0.2) is 33.6 Å². The van der Waals surface area contributed by atoms with E-state index >= 15 is 0 Å². The summed E-state index contributed by atoms with van der Waals surface area (Å²) in [6.45, 7) is 3.70. The second-order valence-corrected chi connectivity index (χ2v) is 6.87. The Kier molecular flexibility index (Phi) is 5.18. The smallest absolute Gasteiger partial charge is 0.387 e. The van der Waals surface area contributed by atoms with E-state index in [-0.39, 0.29) is 29.6 Å². The van der Waals surface area contributed by atoms with Crippen molar-refractivity contribution in [3.05, 3.63) is 53.2 Å². The molecule has 2 aromatic rings. The zero-order valence-electron chi connectivity index (χ0n) is 15.0. The zero-order chi connectivity index (χ0) is 20.9. The molecule has 0 aliphatic carbocycles. The molecule has 0 saturated carbocycles. The van der Waals surface area contributed by atoms with Crippen LogP contribution in [0.5, 0.6) is 0 Å². The lowest BCUT2D eigenvalue weighted by molar-refractivity contribution is -0.142. The maximum Gasteiger partial charge on any atom is 0.433 e. The van der Waals surface area contributed by atoms with Gasteiger partial charge >= 0.3 is 12.4 Å². The minimum Gasteiger partial charge on any atom is -0.387 e. The number of nitrogens with zero attached hydrogens (tertiary/aromatic N) is 2. The first-order valence-corrected chi connectivity index (χ1v) is 8.59. The van der Waals surface area contributed by atoms with Crippen LogP contribution in [0.3, 0.4) is 0 Å². The van der Waals surface area contributed by atoms with Crippen molar-refractivity contribution in [2.45, 2.75) is 44.4 Å². The van der Waals surface area contributed by atoms with Crippen molar-refractivity contribution in [1.82, 2.24) is 9.88 Å². The molecular formula is C19H18F6N2O. The van der Waals surface area contributed by atoms with Crippen LogP contribution in [0, 0.1) is 0 Å². The number of para-hydroxylation sites is 1. The van der Waals surface area contributed by atoms with Gasteiger partial charge in [-0.2, -0.15) is 26.3 Å². The number of β-amino-alcohol motifs (C(OH)–C–C–N with tert-alkyl or cyclic N) is 1. The predicted octanol–water partition coefficient (Wildman–Crippen LogP) is 4.95. The third kappa shape index (κ3) is 3.86. The largest absolute Gasteiger partial charge is 0.433 e. The lowest BCUT2D eigenvalue weighted by Crippen LogP contribution is -2.37. The molecule has 3 rings (SSSR count). The fraction of sp³-hybridized carbons (Fsp3) is 0.421. The van der Waals surface area contributed by atoms with E-state index in [4.69, 9.17) is 0 Å². The number of pyridine rings is 1. The van der Waals surface area contributed by atoms with E-state index in [1.807, 2.05) is 30.9 Å². The maximum atomic E-state index is 13.3. The number of fused-ring (bicyclic) bond motifs is 1. The summed E-state index contributed by atoms with van der Waals surface area (Å²) in [7, 11) is 0. The number of aliphatic hydroxyl groups is 1. The van der Waals surface area contributed by atoms with E-state index in [0.29, 0.717) is 12.1 Å². The van der Waals surface area contributed by atoms with Crippen molar-refractivity contribution in [3.63, 3.8) is 0 Å². The van der Waals surface area contributed by atoms with Gasteiger partial charge in [-0.3, -0.25) is 4.90 Å². The molecule has 2 heterocycles. The molecule has 1 aromatic carbocycles. The van der Waals surface area contributed by atoms with E-state index in [1.165, 1.54) is 6.07 Å². The number of benzene rings is 1. The quantitative estimate of drug-likeness (QED) is 0.581. The number of hydrogen-bond acceptors (Lipinski definition) is 3. The van der Waals surface area contributed by atoms with Crippen LogP contribution in [0.2, 0.25) is 0 Å². The Bertz CT molecular complexity index is 894. The van der Waals surface area contributed by atoms with E-state index in [2.05, 4.69) is 4.98 Å². The van der Waals surface area contributed by atoms with Crippen LogP contribution < -0.4 is 0 Å². The van der Waals surface area contributed by atoms with Crippen molar-refractivity contribution in [2.24, 2.45) is 0 Å². The molecule has 3 atom stereocenters. The molecule has 9 heteroatoms. The molecule has 0 saturated heterocycles. The topological polar surface area (TPSA) is 36.4 Å². The van der Waals surface area contributed by atoms with Gasteiger partial charge in [0.25, 0.3) is 0 Å². The zero-order valence-corrected chi connectivity index (χ0v) is 15.0. The minimum atomic E-state index is -4.95. The van der Waals surface area contributed by atoms with Crippen LogP contribution in [0.4, 0.5) is 26.3 Å². The SMILES string of the molecule is CC1C=CC(C)N1CC(O)c1cc(C(F)(F)F)nc2c(C(F)(F)F)cccc12. The molecule has 3 nitrogen and oxygen atoms in total. The minimum absolute atomic E-state index is 0.0258. The monoisotopic (exact) mass is 404 g/mol. The standard InChI is InChI=1S/C19H18F6N2O/c1-10-6-7-11(2)27(10)9-15(28)13-8-16(19(23,24)25)26-17-12(13)4-3-5-14(17)18(20,21)22/h3-8,10-11,15,28H,9H2,1-2H3. The highest BCUT2D eigenvalue weighted by Crippen LogP contribution is 2.39. The summed E-state index contributed by atoms with van der Waals surface area (Å²) in [6.07, 6.45) is -7.45. The molecular weight excluding hydrogens is 386 g/mol. The molecule has 152 valence electrons. The number of rotatable bonds is 3. The molecule has 1 aliphatic heterocycles. The maximum absolute atomic E-state index is 13.3. The summed E-state index contributed by atoms with van der Waals surface area (Å²) in [6, 6.07) is 3.55. The van der Waals surface area contributed by atoms with Crippen LogP contribution in [0.15, 0.2) is 36.4 Å². The lowest BCUT2D eigenvalue weighted by atomic mass is 9.99. The van der Waals surface area contributed by atoms with Gasteiger partial charge in [-0.05, 0) is 31.5 Å². The Morgan fingerprint density at radius 1 is 1.04 bits per heavy atom. The normalized spacial score (nSPS) is 22.2. The van der Waals surface area contributed by atoms with Crippen LogP contribution in [0.1, 0.15) is 36.8 Å². The summed E-state index contributed by atoms with van der Waals surface area (Å²) < 4.78 is 79.7. The number of halogens is 6. The lowest BCUT2D eigenvalue weighted by Gasteiger charge is -2.29. The molecule has 1 aliphatic rings. The first-order valence-electron chi connectivity index (χ1n) is 8.59. The average molecular weight is 404 g/mol. The highest BCUT2D eigenvalue weighted by Gasteiger charge is 2.38. The van der Waals surface area contributed by atoms with Gasteiger partial charge in [0.05, 0.1) is 17.2 Å². The van der Waals surface area contributed by atoms with Crippen LogP contribution in [-0.2, 0) is 12.4 Å². The molecule has 0 radical (unpaired) electrons. The van der Waals surface area contributed by atoms with Crippen LogP contribution in [0.25, 0.3) is 10.9 Å². The third-order valence-electron chi connectivity index (χ3n) is 4.92. The van der Waals surface area contributed by atoms with Crippen molar-refractivity contribution >= 4 is 10.9 Å². The molecule has 3 unspecified atom stereocenters. The van der Waals surface area contributed by atoms with Gasteiger partial charge < -0.3 is 5.11 Å². The van der Waals surface area contributed by atoms with Gasteiger partial charge in [0.15, 0.2) is 0 Å². The molecule has 28 heavy (non-hydrogen) atoms. The molecule has 0 bridgehead atoms. The molecule has 0 amide bonds. The van der Waals surface area contributed by atoms with Gasteiger partial charge in [0.2, 0.25) is 0 Å². The summed E-state index contributed by atoms with van der Waals surface area (Å²) in [5, 5.41) is 10.5. The first kappa shape index (κ1) is 20.6. The molecule has 0 spiro atoms. The first-order chi connectivity index (χ1) is 12.9. The highest BCUT2D eigenvalue weighted by atomic mass is 19.4. The van der Waals surface area contributed by atoms with E-state index in [0.717, 1.165) is 6.07 Å². The number of aliphatic hydroxyl groups excluding tert-OH is 1. The van der Waals surface area contributed by atoms with E-state index < -0.39 is 35.2 Å². The predicted molar refractivity (Wildman–Crippen MR) is 91.5 cm³/mol. The molecule has 0 fully saturated rings. The fourth-order valence-electron chi connectivity index (χ4n) is 3.47. The average Bonchev–Trinajstić information content (AvgIpc) is 2.90. The number of hydrogen-bond donors (Lipinski definition) is 1. The van der Waals surface area contributed by atoms with Gasteiger partial charge in [-0.25, -0.2) is 4.98 Å². The third-order valence-corrected chi connectivity index (χ3v) is 4.92. The number of aromatic nitrogens is 1. The fourth-order valence-corrected chi connectivity index (χ4v) is 3.47. The molecule has 1 N–H and O–H groups in total.